The molecule has 0 fully saturated rings. The number of thiophene rings is 1. The number of anilines is 1. The monoisotopic (exact) mass is 427 g/mol. The summed E-state index contributed by atoms with van der Waals surface area (Å²) in [6.45, 7) is 1.29. The highest BCUT2D eigenvalue weighted by Crippen LogP contribution is 2.24. The molecule has 29 heavy (non-hydrogen) atoms. The first-order chi connectivity index (χ1) is 13.9. The van der Waals surface area contributed by atoms with Gasteiger partial charge in [-0.15, -0.1) is 11.3 Å². The van der Waals surface area contributed by atoms with E-state index in [1.54, 1.807) is 30.3 Å². The third kappa shape index (κ3) is 5.90. The van der Waals surface area contributed by atoms with Crippen LogP contribution >= 0.6 is 22.9 Å². The molecule has 0 bridgehead atoms. The Hall–Kier alpha value is -2.67. The number of carbonyl (C=O) groups is 2. The van der Waals surface area contributed by atoms with Crippen molar-refractivity contribution >= 4 is 40.4 Å². The van der Waals surface area contributed by atoms with E-state index in [1.165, 1.54) is 16.9 Å². The maximum Gasteiger partial charge on any atom is 0.265 e. The van der Waals surface area contributed by atoms with E-state index < -0.39 is 0 Å². The van der Waals surface area contributed by atoms with Crippen molar-refractivity contribution in [2.75, 3.05) is 19.4 Å². The summed E-state index contributed by atoms with van der Waals surface area (Å²) in [6.07, 6.45) is 0. The number of hydrogen-bond donors (Lipinski definition) is 2. The number of carbonyl (C=O) groups excluding carboxylic acids is 2. The van der Waals surface area contributed by atoms with E-state index >= 15 is 0 Å². The SMILES string of the molecule is CN(C)Cc1ccc(CNC(=O)c2ccc(Cl)c(NC(=O)c3cccs3)c2)cc1. The molecule has 0 aliphatic carbocycles. The Morgan fingerprint density at radius 3 is 2.38 bits per heavy atom. The van der Waals surface area contributed by atoms with Crippen LogP contribution in [0.15, 0.2) is 60.0 Å². The molecule has 0 radical (unpaired) electrons. The second-order valence-corrected chi connectivity index (χ2v) is 8.22. The molecule has 150 valence electrons. The highest BCUT2D eigenvalue weighted by molar-refractivity contribution is 7.12. The van der Waals surface area contributed by atoms with Gasteiger partial charge >= 0.3 is 0 Å². The van der Waals surface area contributed by atoms with E-state index in [0.29, 0.717) is 27.7 Å². The smallest absolute Gasteiger partial charge is 0.265 e. The van der Waals surface area contributed by atoms with Crippen LogP contribution in [-0.2, 0) is 13.1 Å². The number of benzene rings is 2. The lowest BCUT2D eigenvalue weighted by molar-refractivity contribution is 0.0949. The first kappa shape index (κ1) is 21.0. The van der Waals surface area contributed by atoms with Gasteiger partial charge < -0.3 is 15.5 Å². The third-order valence-corrected chi connectivity index (χ3v) is 5.39. The number of halogens is 1. The van der Waals surface area contributed by atoms with Crippen molar-refractivity contribution < 1.29 is 9.59 Å². The highest BCUT2D eigenvalue weighted by Gasteiger charge is 2.13. The number of amides is 2. The average molecular weight is 428 g/mol. The largest absolute Gasteiger partial charge is 0.348 e. The van der Waals surface area contributed by atoms with Gasteiger partial charge in [-0.25, -0.2) is 0 Å². The highest BCUT2D eigenvalue weighted by atomic mass is 35.5. The fourth-order valence-corrected chi connectivity index (χ4v) is 3.55. The maximum absolute atomic E-state index is 12.5. The molecule has 3 rings (SSSR count). The van der Waals surface area contributed by atoms with Crippen molar-refractivity contribution in [2.24, 2.45) is 0 Å². The molecule has 0 unspecified atom stereocenters. The van der Waals surface area contributed by atoms with E-state index in [9.17, 15) is 9.59 Å². The maximum atomic E-state index is 12.5. The lowest BCUT2D eigenvalue weighted by atomic mass is 10.1. The fraction of sp³-hybridized carbons (Fsp3) is 0.182. The second-order valence-electron chi connectivity index (χ2n) is 6.86. The van der Waals surface area contributed by atoms with Gasteiger partial charge in [-0.1, -0.05) is 41.9 Å². The lowest BCUT2D eigenvalue weighted by Gasteiger charge is -2.11. The molecule has 5 nitrogen and oxygen atoms in total. The normalized spacial score (nSPS) is 10.8. The predicted molar refractivity (Wildman–Crippen MR) is 119 cm³/mol. The average Bonchev–Trinajstić information content (AvgIpc) is 3.23. The molecule has 0 saturated carbocycles. The summed E-state index contributed by atoms with van der Waals surface area (Å²) in [5.41, 5.74) is 3.07. The standard InChI is InChI=1S/C22H22ClN3O2S/c1-26(2)14-16-7-5-15(6-8-16)13-24-21(27)17-9-10-18(23)19(12-17)25-22(28)20-4-3-11-29-20/h3-12H,13-14H2,1-2H3,(H,24,27)(H,25,28). The van der Waals surface area contributed by atoms with Gasteiger partial charge in [-0.05, 0) is 54.9 Å². The molecular formula is C22H22ClN3O2S. The van der Waals surface area contributed by atoms with Crippen LogP contribution in [0.1, 0.15) is 31.2 Å². The summed E-state index contributed by atoms with van der Waals surface area (Å²) in [7, 11) is 4.05. The Bertz CT molecular complexity index is 986. The van der Waals surface area contributed by atoms with Crippen LogP contribution in [0.4, 0.5) is 5.69 Å². The summed E-state index contributed by atoms with van der Waals surface area (Å²) >= 11 is 7.52. The van der Waals surface area contributed by atoms with Crippen molar-refractivity contribution in [2.45, 2.75) is 13.1 Å². The molecular weight excluding hydrogens is 406 g/mol. The van der Waals surface area contributed by atoms with Crippen LogP contribution in [0, 0.1) is 0 Å². The summed E-state index contributed by atoms with van der Waals surface area (Å²) in [5.74, 6) is -0.483. The van der Waals surface area contributed by atoms with Gasteiger partial charge in [-0.3, -0.25) is 9.59 Å². The van der Waals surface area contributed by atoms with Crippen molar-refractivity contribution in [1.29, 1.82) is 0 Å². The van der Waals surface area contributed by atoms with Crippen molar-refractivity contribution in [3.8, 4) is 0 Å². The summed E-state index contributed by atoms with van der Waals surface area (Å²) in [6, 6.07) is 16.5. The lowest BCUT2D eigenvalue weighted by Crippen LogP contribution is -2.23. The molecule has 2 N–H and O–H groups in total. The minimum atomic E-state index is -0.253. The molecule has 0 saturated heterocycles. The van der Waals surface area contributed by atoms with Crippen molar-refractivity contribution in [3.63, 3.8) is 0 Å². The quantitative estimate of drug-likeness (QED) is 0.577. The summed E-state index contributed by atoms with van der Waals surface area (Å²) in [5, 5.41) is 7.86. The Balaban J connectivity index is 1.62. The molecule has 0 aliphatic heterocycles. The van der Waals surface area contributed by atoms with Gasteiger partial charge in [0.2, 0.25) is 0 Å². The van der Waals surface area contributed by atoms with Gasteiger partial charge in [0.1, 0.15) is 0 Å². The number of hydrogen-bond acceptors (Lipinski definition) is 4. The molecule has 2 aromatic carbocycles. The van der Waals surface area contributed by atoms with Crippen molar-refractivity contribution in [3.05, 3.63) is 86.6 Å². The predicted octanol–water partition coefficient (Wildman–Crippen LogP) is 4.65. The van der Waals surface area contributed by atoms with Gasteiger partial charge in [-0.2, -0.15) is 0 Å². The van der Waals surface area contributed by atoms with Gasteiger partial charge in [0.05, 0.1) is 15.6 Å². The minimum absolute atomic E-state index is 0.231. The Labute approximate surface area is 179 Å². The Morgan fingerprint density at radius 1 is 1.00 bits per heavy atom. The Morgan fingerprint density at radius 2 is 1.72 bits per heavy atom. The van der Waals surface area contributed by atoms with E-state index in [4.69, 9.17) is 11.6 Å². The number of nitrogens with zero attached hydrogens (tertiary/aromatic N) is 1. The fourth-order valence-electron chi connectivity index (χ4n) is 2.77. The topological polar surface area (TPSA) is 61.4 Å². The van der Waals surface area contributed by atoms with Crippen LogP contribution in [-0.4, -0.2) is 30.8 Å². The van der Waals surface area contributed by atoms with E-state index in [2.05, 4.69) is 27.7 Å². The molecule has 0 atom stereocenters. The molecule has 0 spiro atoms. The number of nitrogens with one attached hydrogen (secondary N) is 2. The van der Waals surface area contributed by atoms with Gasteiger partial charge in [0.25, 0.3) is 11.8 Å². The zero-order valence-corrected chi connectivity index (χ0v) is 17.8. The summed E-state index contributed by atoms with van der Waals surface area (Å²) < 4.78 is 0. The van der Waals surface area contributed by atoms with E-state index in [-0.39, 0.29) is 11.8 Å². The molecule has 3 aromatic rings. The molecule has 1 heterocycles. The molecule has 7 heteroatoms. The van der Waals surface area contributed by atoms with Crippen LogP contribution in [0.2, 0.25) is 5.02 Å². The Kier molecular flexibility index (Phi) is 7.04. The van der Waals surface area contributed by atoms with Gasteiger partial charge in [0, 0.05) is 18.7 Å². The molecule has 1 aromatic heterocycles. The first-order valence-electron chi connectivity index (χ1n) is 9.07. The minimum Gasteiger partial charge on any atom is -0.348 e. The van der Waals surface area contributed by atoms with Crippen LogP contribution in [0.25, 0.3) is 0 Å². The second kappa shape index (κ2) is 9.69. The first-order valence-corrected chi connectivity index (χ1v) is 10.3. The molecule has 0 aliphatic rings. The zero-order chi connectivity index (χ0) is 20.8. The van der Waals surface area contributed by atoms with Crippen LogP contribution in [0.3, 0.4) is 0 Å². The van der Waals surface area contributed by atoms with Crippen molar-refractivity contribution in [1.82, 2.24) is 10.2 Å². The van der Waals surface area contributed by atoms with E-state index in [0.717, 1.165) is 12.1 Å². The summed E-state index contributed by atoms with van der Waals surface area (Å²) in [4.78, 5) is 27.5. The zero-order valence-electron chi connectivity index (χ0n) is 16.2. The molecule has 2 amide bonds. The number of rotatable bonds is 7. The van der Waals surface area contributed by atoms with Gasteiger partial charge in [0.15, 0.2) is 0 Å². The third-order valence-electron chi connectivity index (χ3n) is 4.20. The van der Waals surface area contributed by atoms with E-state index in [1.807, 2.05) is 31.6 Å². The van der Waals surface area contributed by atoms with Crippen LogP contribution < -0.4 is 10.6 Å². The van der Waals surface area contributed by atoms with Crippen LogP contribution in [0.5, 0.6) is 0 Å².